The van der Waals surface area contributed by atoms with Crippen molar-refractivity contribution >= 4 is 5.91 Å². The van der Waals surface area contributed by atoms with Gasteiger partial charge in [0, 0.05) is 12.5 Å². The first-order valence-corrected chi connectivity index (χ1v) is 5.22. The highest BCUT2D eigenvalue weighted by atomic mass is 16.5. The molecule has 0 radical (unpaired) electrons. The number of rotatable bonds is 2. The van der Waals surface area contributed by atoms with E-state index in [-0.39, 0.29) is 18.1 Å². The van der Waals surface area contributed by atoms with Crippen LogP contribution in [0.2, 0.25) is 0 Å². The molecule has 15 heavy (non-hydrogen) atoms. The normalized spacial score (nSPS) is 18.5. The molecule has 0 saturated heterocycles. The van der Waals surface area contributed by atoms with E-state index in [4.69, 9.17) is 4.74 Å². The first kappa shape index (κ1) is 10.0. The summed E-state index contributed by atoms with van der Waals surface area (Å²) in [6, 6.07) is 7.94. The number of hydrogen-bond acceptors (Lipinski definition) is 2. The van der Waals surface area contributed by atoms with Gasteiger partial charge in [0.1, 0.15) is 5.75 Å². The topological polar surface area (TPSA) is 38.3 Å². The average Bonchev–Trinajstić information content (AvgIpc) is 2.59. The molecule has 0 bridgehead atoms. The maximum absolute atomic E-state index is 11.7. The second-order valence-electron chi connectivity index (χ2n) is 4.08. The number of nitrogens with one attached hydrogen (secondary N) is 1. The van der Waals surface area contributed by atoms with Gasteiger partial charge in [0.15, 0.2) is 6.10 Å². The fourth-order valence-electron chi connectivity index (χ4n) is 1.71. The van der Waals surface area contributed by atoms with Gasteiger partial charge in [-0.1, -0.05) is 18.2 Å². The molecule has 1 aliphatic heterocycles. The highest BCUT2D eigenvalue weighted by molar-refractivity contribution is 5.82. The van der Waals surface area contributed by atoms with Crippen molar-refractivity contribution in [3.63, 3.8) is 0 Å². The molecule has 0 aromatic heterocycles. The molecular weight excluding hydrogens is 190 g/mol. The van der Waals surface area contributed by atoms with Crippen LogP contribution in [-0.2, 0) is 11.2 Å². The number of fused-ring (bicyclic) bond motifs is 1. The summed E-state index contributed by atoms with van der Waals surface area (Å²) in [6.45, 7) is 3.89. The van der Waals surface area contributed by atoms with E-state index in [2.05, 4.69) is 5.32 Å². The van der Waals surface area contributed by atoms with Gasteiger partial charge in [-0.3, -0.25) is 4.79 Å². The maximum atomic E-state index is 11.7. The summed E-state index contributed by atoms with van der Waals surface area (Å²) in [5.74, 6) is 0.808. The van der Waals surface area contributed by atoms with Crippen molar-refractivity contribution < 1.29 is 9.53 Å². The van der Waals surface area contributed by atoms with E-state index < -0.39 is 0 Å². The Kier molecular flexibility index (Phi) is 2.62. The van der Waals surface area contributed by atoms with Gasteiger partial charge in [0.2, 0.25) is 0 Å². The van der Waals surface area contributed by atoms with E-state index in [1.807, 2.05) is 38.1 Å². The minimum Gasteiger partial charge on any atom is -0.480 e. The monoisotopic (exact) mass is 205 g/mol. The van der Waals surface area contributed by atoms with Gasteiger partial charge in [-0.25, -0.2) is 0 Å². The molecule has 80 valence electrons. The Labute approximate surface area is 89.4 Å². The van der Waals surface area contributed by atoms with E-state index in [1.54, 1.807) is 0 Å². The third kappa shape index (κ3) is 2.12. The van der Waals surface area contributed by atoms with Crippen LogP contribution in [0.3, 0.4) is 0 Å². The van der Waals surface area contributed by atoms with Crippen molar-refractivity contribution in [2.45, 2.75) is 32.4 Å². The minimum absolute atomic E-state index is 0.0267. The molecule has 0 fully saturated rings. The molecule has 2 rings (SSSR count). The van der Waals surface area contributed by atoms with Crippen molar-refractivity contribution in [1.82, 2.24) is 5.32 Å². The predicted molar refractivity (Wildman–Crippen MR) is 57.8 cm³/mol. The smallest absolute Gasteiger partial charge is 0.261 e. The number of carbonyl (C=O) groups excluding carboxylic acids is 1. The average molecular weight is 205 g/mol. The van der Waals surface area contributed by atoms with Gasteiger partial charge >= 0.3 is 0 Å². The Balaban J connectivity index is 2.04. The zero-order chi connectivity index (χ0) is 10.8. The summed E-state index contributed by atoms with van der Waals surface area (Å²) >= 11 is 0. The molecular formula is C12H15NO2. The van der Waals surface area contributed by atoms with Crippen molar-refractivity contribution in [2.24, 2.45) is 0 Å². The molecule has 1 heterocycles. The van der Waals surface area contributed by atoms with Crippen molar-refractivity contribution in [3.05, 3.63) is 29.8 Å². The SMILES string of the molecule is CC(C)NC(=O)C1Cc2ccccc2O1. The molecule has 3 nitrogen and oxygen atoms in total. The molecule has 1 aromatic rings. The van der Waals surface area contributed by atoms with E-state index in [1.165, 1.54) is 0 Å². The second kappa shape index (κ2) is 3.93. The quantitative estimate of drug-likeness (QED) is 0.794. The lowest BCUT2D eigenvalue weighted by atomic mass is 10.1. The Morgan fingerprint density at radius 1 is 1.47 bits per heavy atom. The molecule has 1 aliphatic rings. The van der Waals surface area contributed by atoms with Crippen molar-refractivity contribution in [1.29, 1.82) is 0 Å². The number of para-hydroxylation sites is 1. The number of amides is 1. The van der Waals surface area contributed by atoms with E-state index in [0.29, 0.717) is 6.42 Å². The summed E-state index contributed by atoms with van der Waals surface area (Å²) in [5, 5.41) is 2.86. The largest absolute Gasteiger partial charge is 0.480 e. The van der Waals surface area contributed by atoms with Crippen LogP contribution in [-0.4, -0.2) is 18.1 Å². The molecule has 1 unspecified atom stereocenters. The van der Waals surface area contributed by atoms with Crippen molar-refractivity contribution in [3.8, 4) is 5.75 Å². The van der Waals surface area contributed by atoms with Crippen LogP contribution in [0.5, 0.6) is 5.75 Å². The predicted octanol–water partition coefficient (Wildman–Crippen LogP) is 1.51. The van der Waals surface area contributed by atoms with Crippen LogP contribution < -0.4 is 10.1 Å². The Morgan fingerprint density at radius 3 is 2.87 bits per heavy atom. The summed E-state index contributed by atoms with van der Waals surface area (Å²) in [5.41, 5.74) is 1.11. The van der Waals surface area contributed by atoms with Crippen LogP contribution in [0.4, 0.5) is 0 Å². The molecule has 1 N–H and O–H groups in total. The Bertz CT molecular complexity index is 349. The second-order valence-corrected chi connectivity index (χ2v) is 4.08. The summed E-state index contributed by atoms with van der Waals surface area (Å²) in [6.07, 6.45) is 0.319. The highest BCUT2D eigenvalue weighted by Gasteiger charge is 2.28. The molecule has 1 amide bonds. The summed E-state index contributed by atoms with van der Waals surface area (Å²) in [4.78, 5) is 11.7. The Morgan fingerprint density at radius 2 is 2.20 bits per heavy atom. The Hall–Kier alpha value is -1.51. The fourth-order valence-corrected chi connectivity index (χ4v) is 1.71. The van der Waals surface area contributed by atoms with Crippen LogP contribution in [0, 0.1) is 0 Å². The highest BCUT2D eigenvalue weighted by Crippen LogP contribution is 2.28. The van der Waals surface area contributed by atoms with Gasteiger partial charge in [-0.05, 0) is 25.5 Å². The number of carbonyl (C=O) groups is 1. The number of benzene rings is 1. The minimum atomic E-state index is -0.357. The zero-order valence-corrected chi connectivity index (χ0v) is 8.99. The number of ether oxygens (including phenoxy) is 1. The lowest BCUT2D eigenvalue weighted by Crippen LogP contribution is -2.40. The van der Waals surface area contributed by atoms with Crippen molar-refractivity contribution in [2.75, 3.05) is 0 Å². The molecule has 0 spiro atoms. The summed E-state index contributed by atoms with van der Waals surface area (Å²) in [7, 11) is 0. The summed E-state index contributed by atoms with van der Waals surface area (Å²) < 4.78 is 5.56. The third-order valence-corrected chi connectivity index (χ3v) is 2.37. The van der Waals surface area contributed by atoms with Crippen LogP contribution in [0.25, 0.3) is 0 Å². The molecule has 3 heteroatoms. The zero-order valence-electron chi connectivity index (χ0n) is 8.99. The van der Waals surface area contributed by atoms with Crippen LogP contribution >= 0.6 is 0 Å². The third-order valence-electron chi connectivity index (χ3n) is 2.37. The first-order chi connectivity index (χ1) is 7.16. The van der Waals surface area contributed by atoms with E-state index in [0.717, 1.165) is 11.3 Å². The van der Waals surface area contributed by atoms with Crippen LogP contribution in [0.15, 0.2) is 24.3 Å². The standard InChI is InChI=1S/C12H15NO2/c1-8(2)13-12(14)11-7-9-5-3-4-6-10(9)15-11/h3-6,8,11H,7H2,1-2H3,(H,13,14). The maximum Gasteiger partial charge on any atom is 0.261 e. The van der Waals surface area contributed by atoms with E-state index >= 15 is 0 Å². The van der Waals surface area contributed by atoms with Gasteiger partial charge < -0.3 is 10.1 Å². The molecule has 1 aromatic carbocycles. The molecule has 0 aliphatic carbocycles. The van der Waals surface area contributed by atoms with Gasteiger partial charge in [-0.2, -0.15) is 0 Å². The van der Waals surface area contributed by atoms with Gasteiger partial charge in [0.05, 0.1) is 0 Å². The lowest BCUT2D eigenvalue weighted by molar-refractivity contribution is -0.127. The van der Waals surface area contributed by atoms with E-state index in [9.17, 15) is 4.79 Å². The molecule has 0 saturated carbocycles. The lowest BCUT2D eigenvalue weighted by Gasteiger charge is -2.13. The first-order valence-electron chi connectivity index (χ1n) is 5.22. The van der Waals surface area contributed by atoms with Crippen LogP contribution in [0.1, 0.15) is 19.4 Å². The number of hydrogen-bond donors (Lipinski definition) is 1. The molecule has 1 atom stereocenters. The van der Waals surface area contributed by atoms with Gasteiger partial charge in [-0.15, -0.1) is 0 Å². The fraction of sp³-hybridized carbons (Fsp3) is 0.417. The van der Waals surface area contributed by atoms with Gasteiger partial charge in [0.25, 0.3) is 5.91 Å².